The van der Waals surface area contributed by atoms with E-state index in [1.807, 2.05) is 30.3 Å². The summed E-state index contributed by atoms with van der Waals surface area (Å²) in [6.07, 6.45) is 5.09. The van der Waals surface area contributed by atoms with Crippen LogP contribution in [-0.4, -0.2) is 30.2 Å². The van der Waals surface area contributed by atoms with Crippen molar-refractivity contribution in [1.82, 2.24) is 24.3 Å². The van der Waals surface area contributed by atoms with Crippen molar-refractivity contribution in [2.24, 2.45) is 0 Å². The first-order valence-electron chi connectivity index (χ1n) is 10.8. The van der Waals surface area contributed by atoms with Crippen molar-refractivity contribution in [3.63, 3.8) is 0 Å². The number of ether oxygens (including phenoxy) is 1. The molecule has 0 bridgehead atoms. The van der Waals surface area contributed by atoms with E-state index in [4.69, 9.17) is 10.5 Å². The highest BCUT2D eigenvalue weighted by atomic mass is 19.1. The number of aromatic nitrogens is 5. The minimum Gasteiger partial charge on any atom is -0.436 e. The third-order valence-corrected chi connectivity index (χ3v) is 6.07. The largest absolute Gasteiger partial charge is 0.436 e. The van der Waals surface area contributed by atoms with Crippen LogP contribution in [0.3, 0.4) is 0 Å². The number of anilines is 2. The second kappa shape index (κ2) is 7.59. The third-order valence-electron chi connectivity index (χ3n) is 6.07. The Kier molecular flexibility index (Phi) is 4.49. The van der Waals surface area contributed by atoms with Crippen LogP contribution in [0.1, 0.15) is 18.1 Å². The van der Waals surface area contributed by atoms with Gasteiger partial charge in [0.25, 0.3) is 5.88 Å². The van der Waals surface area contributed by atoms with Crippen molar-refractivity contribution in [1.29, 1.82) is 0 Å². The van der Waals surface area contributed by atoms with Gasteiger partial charge >= 0.3 is 0 Å². The number of para-hydroxylation sites is 1. The quantitative estimate of drug-likeness (QED) is 0.410. The molecule has 1 unspecified atom stereocenters. The Bertz CT molecular complexity index is 1600. The average molecular weight is 467 g/mol. The molecule has 0 radical (unpaired) electrons. The molecule has 4 heterocycles. The number of nitrogens with one attached hydrogen (secondary N) is 1. The van der Waals surface area contributed by atoms with Gasteiger partial charge in [-0.1, -0.05) is 30.3 Å². The lowest BCUT2D eigenvalue weighted by molar-refractivity contribution is -0.119. The van der Waals surface area contributed by atoms with Gasteiger partial charge in [0.05, 0.1) is 5.56 Å². The minimum atomic E-state index is -1.17. The summed E-state index contributed by atoms with van der Waals surface area (Å²) < 4.78 is 21.2. The molecule has 0 fully saturated rings. The molecule has 1 aliphatic rings. The zero-order valence-electron chi connectivity index (χ0n) is 18.4. The van der Waals surface area contributed by atoms with Gasteiger partial charge in [-0.15, -0.1) is 0 Å². The fourth-order valence-electron chi connectivity index (χ4n) is 4.26. The van der Waals surface area contributed by atoms with Crippen LogP contribution in [0.2, 0.25) is 0 Å². The molecule has 172 valence electrons. The number of nitrogens with two attached hydrogens (primary N) is 1. The third kappa shape index (κ3) is 3.26. The summed E-state index contributed by atoms with van der Waals surface area (Å²) in [6, 6.07) is 14.9. The number of fused-ring (bicyclic) bond motifs is 2. The van der Waals surface area contributed by atoms with Gasteiger partial charge in [-0.05, 0) is 36.8 Å². The van der Waals surface area contributed by atoms with Crippen molar-refractivity contribution in [3.05, 3.63) is 90.1 Å². The number of amides is 1. The maximum Gasteiger partial charge on any atom is 0.264 e. The molecular weight excluding hydrogens is 449 g/mol. The molecule has 0 saturated heterocycles. The normalized spacial score (nSPS) is 16.8. The van der Waals surface area contributed by atoms with E-state index in [2.05, 4.69) is 25.3 Å². The second-order valence-electron chi connectivity index (χ2n) is 8.25. The highest BCUT2D eigenvalue weighted by molar-refractivity contribution is 6.09. The van der Waals surface area contributed by atoms with Crippen LogP contribution in [0.25, 0.3) is 17.2 Å². The molecule has 3 N–H and O–H groups in total. The van der Waals surface area contributed by atoms with Crippen LogP contribution in [0.5, 0.6) is 11.6 Å². The van der Waals surface area contributed by atoms with Gasteiger partial charge in [-0.3, -0.25) is 4.79 Å². The fraction of sp³-hybridized carbons (Fsp3) is 0.0800. The molecule has 1 aliphatic heterocycles. The number of carbonyl (C=O) groups is 1. The highest BCUT2D eigenvalue weighted by Crippen LogP contribution is 2.45. The van der Waals surface area contributed by atoms with Crippen molar-refractivity contribution < 1.29 is 13.9 Å². The molecule has 0 aliphatic carbocycles. The topological polar surface area (TPSA) is 120 Å². The number of rotatable bonds is 4. The molecule has 35 heavy (non-hydrogen) atoms. The number of hydrogen-bond acceptors (Lipinski definition) is 7. The van der Waals surface area contributed by atoms with Crippen LogP contribution in [0, 0.1) is 5.82 Å². The number of nitrogens with zero attached hydrogens (tertiary/aromatic N) is 5. The van der Waals surface area contributed by atoms with Crippen LogP contribution < -0.4 is 15.8 Å². The van der Waals surface area contributed by atoms with E-state index in [-0.39, 0.29) is 29.2 Å². The van der Waals surface area contributed by atoms with E-state index in [0.29, 0.717) is 28.2 Å². The zero-order chi connectivity index (χ0) is 24.2. The smallest absolute Gasteiger partial charge is 0.264 e. The van der Waals surface area contributed by atoms with Gasteiger partial charge in [0, 0.05) is 18.6 Å². The lowest BCUT2D eigenvalue weighted by atomic mass is 9.78. The number of halogens is 1. The summed E-state index contributed by atoms with van der Waals surface area (Å²) in [7, 11) is 0. The summed E-state index contributed by atoms with van der Waals surface area (Å²) in [4.78, 5) is 31.0. The van der Waals surface area contributed by atoms with Crippen LogP contribution in [-0.2, 0) is 10.2 Å². The molecule has 0 spiro atoms. The molecule has 6 rings (SSSR count). The summed E-state index contributed by atoms with van der Waals surface area (Å²) >= 11 is 0. The van der Waals surface area contributed by atoms with E-state index in [1.54, 1.807) is 42.0 Å². The first-order valence-corrected chi connectivity index (χ1v) is 10.8. The lowest BCUT2D eigenvalue weighted by Crippen LogP contribution is -2.33. The first-order chi connectivity index (χ1) is 16.9. The van der Waals surface area contributed by atoms with Gasteiger partial charge in [0.1, 0.15) is 34.3 Å². The maximum atomic E-state index is 13.5. The summed E-state index contributed by atoms with van der Waals surface area (Å²) in [5, 5.41) is 2.80. The lowest BCUT2D eigenvalue weighted by Gasteiger charge is -2.23. The van der Waals surface area contributed by atoms with E-state index in [9.17, 15) is 9.18 Å². The van der Waals surface area contributed by atoms with Crippen molar-refractivity contribution in [2.45, 2.75) is 12.3 Å². The van der Waals surface area contributed by atoms with E-state index < -0.39 is 11.2 Å². The Balaban J connectivity index is 1.46. The Morgan fingerprint density at radius 1 is 1.06 bits per heavy atom. The Hall–Kier alpha value is -4.86. The minimum absolute atomic E-state index is 0.119. The second-order valence-corrected chi connectivity index (χ2v) is 8.25. The number of nitrogen functional groups attached to an aromatic ring is 1. The predicted octanol–water partition coefficient (Wildman–Crippen LogP) is 3.96. The van der Waals surface area contributed by atoms with Gasteiger partial charge < -0.3 is 20.2 Å². The van der Waals surface area contributed by atoms with Gasteiger partial charge in [-0.2, -0.15) is 0 Å². The predicted molar refractivity (Wildman–Crippen MR) is 126 cm³/mol. The van der Waals surface area contributed by atoms with E-state index in [1.165, 1.54) is 12.1 Å². The SMILES string of the molecule is CC1(c2ccc(F)cc2)C(=O)Nc2nc(-c3cn4ccnc4c(Oc4ccccc4)n3)nc(N)c21. The average Bonchev–Trinajstić information content (AvgIpc) is 3.43. The fourth-order valence-corrected chi connectivity index (χ4v) is 4.26. The van der Waals surface area contributed by atoms with Gasteiger partial charge in [0.15, 0.2) is 5.82 Å². The van der Waals surface area contributed by atoms with Crippen LogP contribution in [0.15, 0.2) is 73.2 Å². The molecular formula is C25H18FN7O2. The van der Waals surface area contributed by atoms with Crippen molar-refractivity contribution in [3.8, 4) is 23.1 Å². The van der Waals surface area contributed by atoms with Gasteiger partial charge in [0.2, 0.25) is 11.6 Å². The van der Waals surface area contributed by atoms with Crippen LogP contribution in [0.4, 0.5) is 16.0 Å². The maximum absolute atomic E-state index is 13.5. The monoisotopic (exact) mass is 467 g/mol. The Morgan fingerprint density at radius 2 is 1.83 bits per heavy atom. The van der Waals surface area contributed by atoms with Crippen LogP contribution >= 0.6 is 0 Å². The summed E-state index contributed by atoms with van der Waals surface area (Å²) in [5.74, 6) is 0.739. The standard InChI is InChI=1S/C25H18FN7O2/c1-25(14-7-9-15(26)10-8-14)18-19(27)30-20(31-21(18)32-24(25)34)17-13-33-12-11-28-22(33)23(29-17)35-16-5-3-2-4-6-16/h2-13H,1H3,(H3,27,30,31,32,34). The molecule has 3 aromatic heterocycles. The number of hydrogen-bond donors (Lipinski definition) is 2. The molecule has 1 amide bonds. The van der Waals surface area contributed by atoms with Gasteiger partial charge in [-0.25, -0.2) is 24.3 Å². The number of carbonyl (C=O) groups excluding carboxylic acids is 1. The molecule has 9 nitrogen and oxygen atoms in total. The number of imidazole rings is 1. The molecule has 5 aromatic rings. The number of benzene rings is 2. The van der Waals surface area contributed by atoms with E-state index in [0.717, 1.165) is 0 Å². The molecule has 0 saturated carbocycles. The van der Waals surface area contributed by atoms with E-state index >= 15 is 0 Å². The van der Waals surface area contributed by atoms with Crippen molar-refractivity contribution in [2.75, 3.05) is 11.1 Å². The summed E-state index contributed by atoms with van der Waals surface area (Å²) in [6.45, 7) is 1.71. The molecule has 2 aromatic carbocycles. The summed E-state index contributed by atoms with van der Waals surface area (Å²) in [5.41, 5.74) is 7.11. The Morgan fingerprint density at radius 3 is 2.60 bits per heavy atom. The Labute approximate surface area is 198 Å². The van der Waals surface area contributed by atoms with Crippen molar-refractivity contribution >= 4 is 23.2 Å². The molecule has 1 atom stereocenters. The molecule has 10 heteroatoms. The highest BCUT2D eigenvalue weighted by Gasteiger charge is 2.47. The zero-order valence-corrected chi connectivity index (χ0v) is 18.4. The first kappa shape index (κ1) is 20.7.